The van der Waals surface area contributed by atoms with Crippen molar-refractivity contribution in [1.29, 1.82) is 5.41 Å². The zero-order chi connectivity index (χ0) is 33.8. The van der Waals surface area contributed by atoms with E-state index in [0.717, 1.165) is 67.0 Å². The molecule has 15 heteroatoms. The standard InChI is InChI=1S/C27H31N9O2.2C2H4O2/c1-17-14-19(16-22(15-17)38-21-8-12-35(2)13-9-21)23(32-20-6-4-18(5-7-20)24(28)29)25-33-27(37)36(34-25)26-30-10-3-11-31-26;2*1-2(3)4/h3-7,10-11,14-16,21,23,32H,8-9,12-13H2,1-2H3,(H3,28,29)(H,33,34,37);2*1H3,(H,3,4)/t23-;;/m0../s1. The number of anilines is 1. The lowest BCUT2D eigenvalue weighted by Crippen LogP contribution is -2.35. The lowest BCUT2D eigenvalue weighted by Gasteiger charge is -2.29. The second-order valence-electron chi connectivity index (χ2n) is 10.6. The first-order chi connectivity index (χ1) is 21.8. The number of nitrogens with two attached hydrogens (primary N) is 1. The molecule has 1 fully saturated rings. The Morgan fingerprint density at radius 3 is 2.22 bits per heavy atom. The number of nitrogens with zero attached hydrogens (tertiary/aromatic N) is 5. The molecule has 0 aliphatic carbocycles. The monoisotopic (exact) mass is 633 g/mol. The van der Waals surface area contributed by atoms with Gasteiger partial charge >= 0.3 is 5.69 Å². The summed E-state index contributed by atoms with van der Waals surface area (Å²) in [5.74, 6) is -0.316. The largest absolute Gasteiger partial charge is 0.490 e. The van der Waals surface area contributed by atoms with E-state index in [-0.39, 0.29) is 17.9 Å². The number of carbonyl (C=O) groups is 2. The molecule has 0 spiro atoms. The minimum absolute atomic E-state index is 0.00610. The topological polar surface area (TPSA) is 225 Å². The second kappa shape index (κ2) is 16.5. The van der Waals surface area contributed by atoms with Crippen LogP contribution >= 0.6 is 0 Å². The zero-order valence-corrected chi connectivity index (χ0v) is 26.1. The summed E-state index contributed by atoms with van der Waals surface area (Å²) < 4.78 is 7.54. The van der Waals surface area contributed by atoms with Crippen molar-refractivity contribution in [3.63, 3.8) is 0 Å². The Bertz CT molecular complexity index is 1640. The number of nitrogen functional groups attached to an aromatic ring is 1. The number of amidine groups is 1. The van der Waals surface area contributed by atoms with Crippen LogP contribution in [0.15, 0.2) is 65.7 Å². The first kappa shape index (κ1) is 34.9. The van der Waals surface area contributed by atoms with E-state index in [1.165, 1.54) is 0 Å². The first-order valence-electron chi connectivity index (χ1n) is 14.4. The van der Waals surface area contributed by atoms with E-state index in [0.29, 0.717) is 11.4 Å². The lowest BCUT2D eigenvalue weighted by atomic mass is 10.0. The summed E-state index contributed by atoms with van der Waals surface area (Å²) in [5.41, 5.74) is 8.47. The molecule has 1 atom stereocenters. The lowest BCUT2D eigenvalue weighted by molar-refractivity contribution is -0.135. The third kappa shape index (κ3) is 10.9. The minimum Gasteiger partial charge on any atom is -0.490 e. The quantitative estimate of drug-likeness (QED) is 0.122. The number of aromatic nitrogens is 5. The minimum atomic E-state index is -0.833. The molecule has 2 aromatic carbocycles. The van der Waals surface area contributed by atoms with Gasteiger partial charge in [-0.1, -0.05) is 6.07 Å². The van der Waals surface area contributed by atoms with E-state index in [1.54, 1.807) is 30.6 Å². The van der Waals surface area contributed by atoms with Gasteiger partial charge in [0.05, 0.1) is 0 Å². The van der Waals surface area contributed by atoms with Gasteiger partial charge in [0, 0.05) is 50.6 Å². The van der Waals surface area contributed by atoms with Crippen LogP contribution in [0.4, 0.5) is 5.69 Å². The predicted octanol–water partition coefficient (Wildman–Crippen LogP) is 2.80. The van der Waals surface area contributed by atoms with Crippen molar-refractivity contribution >= 4 is 23.5 Å². The smallest absolute Gasteiger partial charge is 0.350 e. The van der Waals surface area contributed by atoms with E-state index in [9.17, 15) is 4.79 Å². The van der Waals surface area contributed by atoms with Gasteiger partial charge in [0.25, 0.3) is 17.9 Å². The number of aromatic amines is 1. The number of aliphatic carboxylic acids is 2. The third-order valence-corrected chi connectivity index (χ3v) is 6.53. The SMILES string of the molecule is CC(=O)O.CC(=O)O.Cc1cc(OC2CCN(C)CC2)cc([C@H](Nc2ccc(C(=N)N)cc2)c2nn(-c3ncccn3)c(=O)[nH]2)c1. The fourth-order valence-corrected chi connectivity index (χ4v) is 4.54. The highest BCUT2D eigenvalue weighted by molar-refractivity contribution is 5.95. The van der Waals surface area contributed by atoms with Crippen LogP contribution in [0.1, 0.15) is 55.2 Å². The molecule has 1 saturated heterocycles. The maximum Gasteiger partial charge on any atom is 0.350 e. The van der Waals surface area contributed by atoms with Crippen molar-refractivity contribution in [2.75, 3.05) is 25.5 Å². The molecule has 0 bridgehead atoms. The summed E-state index contributed by atoms with van der Waals surface area (Å²) in [6.07, 6.45) is 5.21. The van der Waals surface area contributed by atoms with Crippen LogP contribution in [0, 0.1) is 12.3 Å². The molecule has 0 amide bonds. The Labute approximate surface area is 265 Å². The van der Waals surface area contributed by atoms with E-state index in [2.05, 4.69) is 37.3 Å². The fourth-order valence-electron chi connectivity index (χ4n) is 4.54. The number of benzene rings is 2. The average Bonchev–Trinajstić information content (AvgIpc) is 3.38. The van der Waals surface area contributed by atoms with Crippen molar-refractivity contribution in [2.45, 2.75) is 45.8 Å². The molecule has 1 aliphatic rings. The van der Waals surface area contributed by atoms with Crippen LogP contribution in [0.3, 0.4) is 0 Å². The van der Waals surface area contributed by atoms with Crippen LogP contribution in [0.25, 0.3) is 5.95 Å². The number of aryl methyl sites for hydroxylation is 1. The number of hydrogen-bond acceptors (Lipinski definition) is 10. The van der Waals surface area contributed by atoms with E-state index in [1.807, 2.05) is 37.3 Å². The molecule has 0 saturated carbocycles. The highest BCUT2D eigenvalue weighted by Crippen LogP contribution is 2.30. The Morgan fingerprint density at radius 2 is 1.65 bits per heavy atom. The highest BCUT2D eigenvalue weighted by atomic mass is 16.5. The summed E-state index contributed by atoms with van der Waals surface area (Å²) in [6, 6.07) is 14.4. The van der Waals surface area contributed by atoms with Crippen molar-refractivity contribution in [3.8, 4) is 11.7 Å². The molecule has 15 nitrogen and oxygen atoms in total. The van der Waals surface area contributed by atoms with Gasteiger partial charge in [-0.15, -0.1) is 9.78 Å². The summed E-state index contributed by atoms with van der Waals surface area (Å²) >= 11 is 0. The maximum atomic E-state index is 12.8. The molecular weight excluding hydrogens is 594 g/mol. The van der Waals surface area contributed by atoms with Crippen LogP contribution in [0.5, 0.6) is 5.75 Å². The number of likely N-dealkylation sites (tertiary alicyclic amines) is 1. The van der Waals surface area contributed by atoms with Gasteiger partial charge in [-0.3, -0.25) is 20.0 Å². The number of carboxylic acid groups (broad SMARTS) is 2. The second-order valence-corrected chi connectivity index (χ2v) is 10.6. The average molecular weight is 634 g/mol. The molecule has 0 unspecified atom stereocenters. The molecule has 2 aromatic heterocycles. The van der Waals surface area contributed by atoms with Gasteiger partial charge in [0.2, 0.25) is 0 Å². The maximum absolute atomic E-state index is 12.8. The van der Waals surface area contributed by atoms with E-state index < -0.39 is 23.7 Å². The number of nitrogens with one attached hydrogen (secondary N) is 3. The molecule has 46 heavy (non-hydrogen) atoms. The number of ether oxygens (including phenoxy) is 1. The van der Waals surface area contributed by atoms with E-state index >= 15 is 0 Å². The zero-order valence-electron chi connectivity index (χ0n) is 26.1. The molecule has 244 valence electrons. The van der Waals surface area contributed by atoms with Gasteiger partial charge < -0.3 is 30.9 Å². The molecule has 1 aliphatic heterocycles. The van der Waals surface area contributed by atoms with Crippen molar-refractivity contribution < 1.29 is 24.5 Å². The Morgan fingerprint density at radius 1 is 1.07 bits per heavy atom. The summed E-state index contributed by atoms with van der Waals surface area (Å²) in [5, 5.41) is 30.5. The van der Waals surface area contributed by atoms with Crippen LogP contribution in [-0.2, 0) is 9.59 Å². The first-order valence-corrected chi connectivity index (χ1v) is 14.4. The number of H-pyrrole nitrogens is 1. The molecular formula is C31H39N9O6. The predicted molar refractivity (Wildman–Crippen MR) is 172 cm³/mol. The van der Waals surface area contributed by atoms with Gasteiger partial charge in [-0.2, -0.15) is 0 Å². The van der Waals surface area contributed by atoms with Gasteiger partial charge in [-0.05, 0) is 80.4 Å². The van der Waals surface area contributed by atoms with Crippen LogP contribution < -0.4 is 21.5 Å². The molecule has 4 aromatic rings. The van der Waals surface area contributed by atoms with Gasteiger partial charge in [-0.25, -0.2) is 14.8 Å². The Kier molecular flexibility index (Phi) is 12.5. The Balaban J connectivity index is 0.000000647. The molecule has 5 rings (SSSR count). The number of carboxylic acids is 2. The fraction of sp³-hybridized carbons (Fsp3) is 0.323. The normalized spacial score (nSPS) is 13.7. The van der Waals surface area contributed by atoms with E-state index in [4.69, 9.17) is 35.7 Å². The summed E-state index contributed by atoms with van der Waals surface area (Å²) in [6.45, 7) is 6.19. The number of hydrogen-bond donors (Lipinski definition) is 6. The summed E-state index contributed by atoms with van der Waals surface area (Å²) in [7, 11) is 2.13. The number of piperidine rings is 1. The van der Waals surface area contributed by atoms with Gasteiger partial charge in [0.15, 0.2) is 5.82 Å². The highest BCUT2D eigenvalue weighted by Gasteiger charge is 2.23. The number of rotatable bonds is 8. The Hall–Kier alpha value is -5.57. The molecule has 7 N–H and O–H groups in total. The van der Waals surface area contributed by atoms with Crippen molar-refractivity contribution in [1.82, 2.24) is 29.6 Å². The van der Waals surface area contributed by atoms with Gasteiger partial charge in [0.1, 0.15) is 23.7 Å². The van der Waals surface area contributed by atoms with Crippen molar-refractivity contribution in [3.05, 3.63) is 93.9 Å². The van der Waals surface area contributed by atoms with Crippen LogP contribution in [0.2, 0.25) is 0 Å². The summed E-state index contributed by atoms with van der Waals surface area (Å²) in [4.78, 5) is 44.3. The van der Waals surface area contributed by atoms with Crippen LogP contribution in [-0.4, -0.2) is 83.9 Å². The molecule has 3 heterocycles. The molecule has 0 radical (unpaired) electrons. The third-order valence-electron chi connectivity index (χ3n) is 6.53. The van der Waals surface area contributed by atoms with Crippen molar-refractivity contribution in [2.24, 2.45) is 5.73 Å².